The number of hydrogen-bond donors (Lipinski definition) is 1. The van der Waals surface area contributed by atoms with E-state index in [1.807, 2.05) is 65.0 Å². The number of fused-ring (bicyclic) bond motifs is 4. The van der Waals surface area contributed by atoms with Crippen LogP contribution in [0.2, 0.25) is 0 Å². The first-order valence-electron chi connectivity index (χ1n) is 10.8. The number of hydrogen-bond acceptors (Lipinski definition) is 6. The molecule has 6 heteroatoms. The molecule has 4 rings (SSSR count). The van der Waals surface area contributed by atoms with Gasteiger partial charge in [0, 0.05) is 11.3 Å². The van der Waals surface area contributed by atoms with Crippen LogP contribution < -0.4 is 0 Å². The summed E-state index contributed by atoms with van der Waals surface area (Å²) in [6.07, 6.45) is 7.57. The quantitative estimate of drug-likeness (QED) is 0.483. The van der Waals surface area contributed by atoms with Crippen LogP contribution in [0, 0.1) is 12.8 Å². The molecule has 3 heterocycles. The normalized spacial score (nSPS) is 33.2. The standard InChI is InChI=1S/C25H30O6/c1-14-9-10-19(26)23-20(30-25(4,5)31-23)8-6-7-18-17-11-12-28-21(17)13-15(2)22(18)24(27)29-16(14)3/h6-7,9-14,16,19-20,23,26H,8H2,1-5H3/b7-6+,10-9-/t14-,16+,19?,20+,23-/m1/s1. The molecule has 1 N–H and O–H groups in total. The lowest BCUT2D eigenvalue weighted by Gasteiger charge is -2.22. The Bertz CT molecular complexity index is 1030. The molecule has 1 saturated heterocycles. The van der Waals surface area contributed by atoms with Crippen molar-refractivity contribution in [2.75, 3.05) is 0 Å². The van der Waals surface area contributed by atoms with Crippen LogP contribution in [0.25, 0.3) is 17.0 Å². The van der Waals surface area contributed by atoms with E-state index in [4.69, 9.17) is 18.6 Å². The highest BCUT2D eigenvalue weighted by atomic mass is 16.8. The Hall–Kier alpha value is -2.41. The van der Waals surface area contributed by atoms with Gasteiger partial charge < -0.3 is 23.7 Å². The minimum absolute atomic E-state index is 0.0905. The predicted octanol–water partition coefficient (Wildman–Crippen LogP) is 4.78. The van der Waals surface area contributed by atoms with Crippen LogP contribution >= 0.6 is 0 Å². The Balaban J connectivity index is 1.80. The summed E-state index contributed by atoms with van der Waals surface area (Å²) >= 11 is 0. The third-order valence-corrected chi connectivity index (χ3v) is 6.06. The van der Waals surface area contributed by atoms with E-state index in [9.17, 15) is 9.90 Å². The van der Waals surface area contributed by atoms with Gasteiger partial charge in [-0.05, 0) is 57.4 Å². The lowest BCUT2D eigenvalue weighted by atomic mass is 9.96. The number of rotatable bonds is 0. The number of ether oxygens (including phenoxy) is 3. The van der Waals surface area contributed by atoms with Crippen LogP contribution in [0.15, 0.2) is 41.0 Å². The van der Waals surface area contributed by atoms with E-state index in [2.05, 4.69) is 0 Å². The molecule has 1 fully saturated rings. The summed E-state index contributed by atoms with van der Waals surface area (Å²) in [5, 5.41) is 11.6. The van der Waals surface area contributed by atoms with E-state index in [0.717, 1.165) is 16.5 Å². The maximum atomic E-state index is 13.1. The van der Waals surface area contributed by atoms with Crippen molar-refractivity contribution in [1.82, 2.24) is 0 Å². The highest BCUT2D eigenvalue weighted by Gasteiger charge is 2.43. The zero-order valence-electron chi connectivity index (χ0n) is 18.6. The maximum Gasteiger partial charge on any atom is 0.339 e. The molecule has 166 valence electrons. The van der Waals surface area contributed by atoms with Gasteiger partial charge in [-0.3, -0.25) is 0 Å². The smallest absolute Gasteiger partial charge is 0.339 e. The van der Waals surface area contributed by atoms with E-state index < -0.39 is 18.0 Å². The largest absolute Gasteiger partial charge is 0.464 e. The van der Waals surface area contributed by atoms with E-state index in [0.29, 0.717) is 17.6 Å². The minimum Gasteiger partial charge on any atom is -0.464 e. The molecule has 0 bridgehead atoms. The van der Waals surface area contributed by atoms with Gasteiger partial charge in [-0.15, -0.1) is 0 Å². The average Bonchev–Trinajstić information content (AvgIpc) is 3.28. The molecule has 1 aromatic heterocycles. The molecule has 0 spiro atoms. The van der Waals surface area contributed by atoms with Crippen molar-refractivity contribution < 1.29 is 28.5 Å². The molecular formula is C25H30O6. The number of aryl methyl sites for hydroxylation is 1. The monoisotopic (exact) mass is 426 g/mol. The first-order chi connectivity index (χ1) is 14.7. The van der Waals surface area contributed by atoms with Crippen LogP contribution in [0.4, 0.5) is 0 Å². The van der Waals surface area contributed by atoms with E-state index in [1.54, 1.807) is 12.3 Å². The highest BCUT2D eigenvalue weighted by molar-refractivity contribution is 6.03. The molecule has 0 radical (unpaired) electrons. The maximum absolute atomic E-state index is 13.1. The Labute approximate surface area is 182 Å². The summed E-state index contributed by atoms with van der Waals surface area (Å²) in [6.45, 7) is 9.38. The molecule has 1 unspecified atom stereocenters. The zero-order valence-corrected chi connectivity index (χ0v) is 18.6. The predicted molar refractivity (Wildman–Crippen MR) is 118 cm³/mol. The van der Waals surface area contributed by atoms with Crippen LogP contribution in [-0.4, -0.2) is 41.3 Å². The van der Waals surface area contributed by atoms with E-state index in [-0.39, 0.29) is 24.1 Å². The Morgan fingerprint density at radius 2 is 1.94 bits per heavy atom. The molecule has 2 aliphatic heterocycles. The first-order valence-corrected chi connectivity index (χ1v) is 10.8. The van der Waals surface area contributed by atoms with Gasteiger partial charge in [0.25, 0.3) is 0 Å². The minimum atomic E-state index is -0.830. The topological polar surface area (TPSA) is 78.1 Å². The fourth-order valence-electron chi connectivity index (χ4n) is 4.26. The first kappa shape index (κ1) is 21.8. The van der Waals surface area contributed by atoms with Crippen molar-refractivity contribution in [3.63, 3.8) is 0 Å². The van der Waals surface area contributed by atoms with Crippen LogP contribution in [0.3, 0.4) is 0 Å². The Morgan fingerprint density at radius 3 is 2.71 bits per heavy atom. The summed E-state index contributed by atoms with van der Waals surface area (Å²) in [5.41, 5.74) is 2.81. The fraction of sp³-hybridized carbons (Fsp3) is 0.480. The van der Waals surface area contributed by atoms with Gasteiger partial charge in [0.1, 0.15) is 23.9 Å². The number of esters is 1. The molecule has 2 aliphatic rings. The van der Waals surface area contributed by atoms with Crippen molar-refractivity contribution in [1.29, 1.82) is 0 Å². The van der Waals surface area contributed by atoms with Crippen molar-refractivity contribution in [2.24, 2.45) is 5.92 Å². The summed E-state index contributed by atoms with van der Waals surface area (Å²) in [4.78, 5) is 13.1. The zero-order chi connectivity index (χ0) is 22.3. The molecule has 0 amide bonds. The third kappa shape index (κ3) is 4.33. The SMILES string of the molecule is Cc1cc2occc2c2c1C(=O)O[C@@H](C)[C@H](C)/C=C\C(O)[C@H]1OC(C)(C)O[C@H]1C/C=C/2. The average molecular weight is 427 g/mol. The molecule has 0 saturated carbocycles. The Morgan fingerprint density at radius 1 is 1.16 bits per heavy atom. The van der Waals surface area contributed by atoms with Crippen LogP contribution in [0.1, 0.15) is 55.6 Å². The molecule has 0 aliphatic carbocycles. The fourth-order valence-corrected chi connectivity index (χ4v) is 4.26. The molecule has 6 nitrogen and oxygen atoms in total. The lowest BCUT2D eigenvalue weighted by Crippen LogP contribution is -2.34. The Kier molecular flexibility index (Phi) is 5.81. The lowest BCUT2D eigenvalue weighted by molar-refractivity contribution is -0.152. The number of carbonyl (C=O) groups excluding carboxylic acids is 1. The van der Waals surface area contributed by atoms with Crippen molar-refractivity contribution in [2.45, 2.75) is 71.2 Å². The van der Waals surface area contributed by atoms with Gasteiger partial charge in [-0.2, -0.15) is 0 Å². The number of furan rings is 1. The van der Waals surface area contributed by atoms with Gasteiger partial charge in [0.15, 0.2) is 5.79 Å². The van der Waals surface area contributed by atoms with Crippen LogP contribution in [-0.2, 0) is 14.2 Å². The summed E-state index contributed by atoms with van der Waals surface area (Å²) in [6, 6.07) is 3.72. The van der Waals surface area contributed by atoms with Gasteiger partial charge in [-0.25, -0.2) is 4.79 Å². The van der Waals surface area contributed by atoms with Gasteiger partial charge in [0.05, 0.1) is 17.9 Å². The number of benzene rings is 1. The van der Waals surface area contributed by atoms with Crippen LogP contribution in [0.5, 0.6) is 0 Å². The number of cyclic esters (lactones) is 1. The molecule has 5 atom stereocenters. The number of aliphatic hydroxyl groups is 1. The summed E-state index contributed by atoms with van der Waals surface area (Å²) < 4.78 is 23.4. The highest BCUT2D eigenvalue weighted by Crippen LogP contribution is 2.34. The van der Waals surface area contributed by atoms with Crippen molar-refractivity contribution in [3.8, 4) is 0 Å². The second-order valence-electron chi connectivity index (χ2n) is 8.94. The molecule has 1 aromatic carbocycles. The molecule has 2 aromatic rings. The molecular weight excluding hydrogens is 396 g/mol. The van der Waals surface area contributed by atoms with Crippen molar-refractivity contribution >= 4 is 23.0 Å². The number of carbonyl (C=O) groups is 1. The molecule has 31 heavy (non-hydrogen) atoms. The van der Waals surface area contributed by atoms with E-state index >= 15 is 0 Å². The van der Waals surface area contributed by atoms with Gasteiger partial charge in [-0.1, -0.05) is 31.2 Å². The van der Waals surface area contributed by atoms with Gasteiger partial charge >= 0.3 is 5.97 Å². The third-order valence-electron chi connectivity index (χ3n) is 6.06. The number of aliphatic hydroxyl groups excluding tert-OH is 1. The van der Waals surface area contributed by atoms with Gasteiger partial charge in [0.2, 0.25) is 0 Å². The second kappa shape index (κ2) is 8.26. The van der Waals surface area contributed by atoms with Crippen molar-refractivity contribution in [3.05, 3.63) is 53.3 Å². The summed E-state index contributed by atoms with van der Waals surface area (Å²) in [5.74, 6) is -1.24. The van der Waals surface area contributed by atoms with E-state index in [1.165, 1.54) is 0 Å². The summed E-state index contributed by atoms with van der Waals surface area (Å²) in [7, 11) is 0. The second-order valence-corrected chi connectivity index (χ2v) is 8.94.